The van der Waals surface area contributed by atoms with E-state index in [0.717, 1.165) is 25.2 Å². The van der Waals surface area contributed by atoms with Gasteiger partial charge in [0.05, 0.1) is 27.2 Å². The number of imidazole rings is 2. The van der Waals surface area contributed by atoms with Gasteiger partial charge >= 0.3 is 12.4 Å². The van der Waals surface area contributed by atoms with Crippen LogP contribution in [0.2, 0.25) is 0 Å². The van der Waals surface area contributed by atoms with Crippen molar-refractivity contribution in [1.82, 2.24) is 23.7 Å². The molecule has 1 saturated carbocycles. The third-order valence-corrected chi connectivity index (χ3v) is 8.24. The lowest BCUT2D eigenvalue weighted by Crippen LogP contribution is -2.28. The summed E-state index contributed by atoms with van der Waals surface area (Å²) >= 11 is 0. The summed E-state index contributed by atoms with van der Waals surface area (Å²) in [7, 11) is -1.63. The van der Waals surface area contributed by atoms with Gasteiger partial charge in [-0.15, -0.1) is 0 Å². The van der Waals surface area contributed by atoms with Crippen LogP contribution in [0, 0.1) is 0 Å². The second-order valence-corrected chi connectivity index (χ2v) is 11.1. The van der Waals surface area contributed by atoms with Crippen LogP contribution in [0.4, 0.5) is 26.3 Å². The highest BCUT2D eigenvalue weighted by Gasteiger charge is 2.41. The SMILES string of the molecule is CCS(=O)(=O)c1cc2c(cc1-c1nc3cc(C(F)(F)F)n(C4CC4)c(=O)c3n1C)nc(C(F)(F)F)n2C. The minimum absolute atomic E-state index is 0.114. The van der Waals surface area contributed by atoms with Crippen molar-refractivity contribution in [2.45, 2.75) is 43.1 Å². The number of benzene rings is 1. The van der Waals surface area contributed by atoms with E-state index in [2.05, 4.69) is 9.97 Å². The Bertz CT molecular complexity index is 1760. The number of nitrogens with zero attached hydrogens (tertiary/aromatic N) is 5. The lowest BCUT2D eigenvalue weighted by Gasteiger charge is -2.15. The van der Waals surface area contributed by atoms with E-state index < -0.39 is 51.1 Å². The molecule has 8 nitrogen and oxygen atoms in total. The third kappa shape index (κ3) is 3.90. The van der Waals surface area contributed by atoms with Crippen molar-refractivity contribution < 1.29 is 34.8 Å². The molecule has 0 N–H and O–H groups in total. The van der Waals surface area contributed by atoms with Crippen molar-refractivity contribution in [3.05, 3.63) is 40.1 Å². The first kappa shape index (κ1) is 25.3. The van der Waals surface area contributed by atoms with Gasteiger partial charge in [-0.3, -0.25) is 9.36 Å². The van der Waals surface area contributed by atoms with E-state index in [9.17, 15) is 39.6 Å². The molecule has 0 atom stereocenters. The van der Waals surface area contributed by atoms with Gasteiger partial charge in [0.25, 0.3) is 5.56 Å². The number of alkyl halides is 6. The molecule has 1 fully saturated rings. The van der Waals surface area contributed by atoms with E-state index >= 15 is 0 Å². The molecule has 5 rings (SSSR count). The van der Waals surface area contributed by atoms with Gasteiger partial charge in [0.1, 0.15) is 17.0 Å². The fraction of sp³-hybridized carbons (Fsp3) is 0.409. The summed E-state index contributed by atoms with van der Waals surface area (Å²) in [6.07, 6.45) is -8.87. The van der Waals surface area contributed by atoms with Gasteiger partial charge in [-0.05, 0) is 31.0 Å². The van der Waals surface area contributed by atoms with Crippen molar-refractivity contribution in [2.75, 3.05) is 5.75 Å². The van der Waals surface area contributed by atoms with Gasteiger partial charge in [-0.2, -0.15) is 26.3 Å². The molecular formula is C22H19F6N5O3S. The predicted octanol–water partition coefficient (Wildman–Crippen LogP) is 4.45. The van der Waals surface area contributed by atoms with Crippen molar-refractivity contribution in [1.29, 1.82) is 0 Å². The smallest absolute Gasteiger partial charge is 0.323 e. The molecule has 1 aliphatic carbocycles. The van der Waals surface area contributed by atoms with Crippen molar-refractivity contribution in [3.63, 3.8) is 0 Å². The molecule has 37 heavy (non-hydrogen) atoms. The number of hydrogen-bond acceptors (Lipinski definition) is 5. The molecule has 198 valence electrons. The quantitative estimate of drug-likeness (QED) is 0.352. The molecule has 0 spiro atoms. The van der Waals surface area contributed by atoms with E-state index in [4.69, 9.17) is 0 Å². The molecule has 0 amide bonds. The normalized spacial score (nSPS) is 15.3. The molecule has 3 heterocycles. The zero-order chi connectivity index (χ0) is 27.2. The van der Waals surface area contributed by atoms with E-state index in [-0.39, 0.29) is 38.4 Å². The number of halogens is 6. The molecule has 15 heteroatoms. The van der Waals surface area contributed by atoms with Gasteiger partial charge in [-0.1, -0.05) is 6.92 Å². The van der Waals surface area contributed by atoms with E-state index in [1.54, 1.807) is 0 Å². The van der Waals surface area contributed by atoms with Gasteiger partial charge in [0, 0.05) is 25.7 Å². The fourth-order valence-electron chi connectivity index (χ4n) is 4.51. The van der Waals surface area contributed by atoms with Crippen LogP contribution in [-0.4, -0.2) is 37.8 Å². The zero-order valence-corrected chi connectivity index (χ0v) is 20.4. The lowest BCUT2D eigenvalue weighted by molar-refractivity contribution is -0.146. The van der Waals surface area contributed by atoms with Crippen LogP contribution in [0.3, 0.4) is 0 Å². The summed E-state index contributed by atoms with van der Waals surface area (Å²) in [5.74, 6) is -1.86. The zero-order valence-electron chi connectivity index (χ0n) is 19.6. The van der Waals surface area contributed by atoms with E-state index in [1.807, 2.05) is 0 Å². The number of fused-ring (bicyclic) bond motifs is 2. The molecule has 1 aromatic carbocycles. The van der Waals surface area contributed by atoms with Gasteiger partial charge in [0.15, 0.2) is 9.84 Å². The molecule has 4 aromatic rings. The van der Waals surface area contributed by atoms with Gasteiger partial charge < -0.3 is 9.13 Å². The van der Waals surface area contributed by atoms with Gasteiger partial charge in [0.2, 0.25) is 5.82 Å². The van der Waals surface area contributed by atoms with Crippen molar-refractivity contribution in [2.24, 2.45) is 14.1 Å². The minimum atomic E-state index is -4.84. The Morgan fingerprint density at radius 1 is 0.946 bits per heavy atom. The first-order valence-electron chi connectivity index (χ1n) is 11.1. The van der Waals surface area contributed by atoms with Crippen LogP contribution in [-0.2, 0) is 36.3 Å². The molecular weight excluding hydrogens is 528 g/mol. The largest absolute Gasteiger partial charge is 0.449 e. The maximum absolute atomic E-state index is 13.8. The predicted molar refractivity (Wildman–Crippen MR) is 121 cm³/mol. The highest BCUT2D eigenvalue weighted by Crippen LogP contribution is 2.41. The first-order chi connectivity index (χ1) is 17.1. The summed E-state index contributed by atoms with van der Waals surface area (Å²) in [5, 5.41) is 0. The Labute approximate surface area is 205 Å². The number of pyridine rings is 1. The van der Waals surface area contributed by atoms with Crippen molar-refractivity contribution in [3.8, 4) is 11.4 Å². The maximum Gasteiger partial charge on any atom is 0.449 e. The molecule has 0 radical (unpaired) electrons. The van der Waals surface area contributed by atoms with E-state index in [1.165, 1.54) is 18.5 Å². The third-order valence-electron chi connectivity index (χ3n) is 6.47. The maximum atomic E-state index is 13.8. The summed E-state index contributed by atoms with van der Waals surface area (Å²) in [6.45, 7) is 1.34. The fourth-order valence-corrected chi connectivity index (χ4v) is 5.60. The minimum Gasteiger partial charge on any atom is -0.323 e. The van der Waals surface area contributed by atoms with Crippen LogP contribution in [0.5, 0.6) is 0 Å². The Morgan fingerprint density at radius 3 is 2.14 bits per heavy atom. The molecule has 0 bridgehead atoms. The Kier molecular flexibility index (Phi) is 5.35. The number of sulfone groups is 1. The standard InChI is InChI=1S/C22H19F6N5O3S/c1-4-37(35,36)15-9-14-12(30-20(31(14)2)22(26,27)28)7-11(15)18-29-13-8-16(21(23,24)25)33(10-5-6-10)19(34)17(13)32(18)3/h7-10H,4-6H2,1-3H3. The van der Waals surface area contributed by atoms with Crippen LogP contribution in [0.25, 0.3) is 33.5 Å². The second-order valence-electron chi connectivity index (χ2n) is 8.89. The summed E-state index contributed by atoms with van der Waals surface area (Å²) in [6, 6.07) is 2.24. The molecule has 0 saturated heterocycles. The lowest BCUT2D eigenvalue weighted by atomic mass is 10.2. The number of aryl methyl sites for hydroxylation is 2. The average Bonchev–Trinajstić information content (AvgIpc) is 3.49. The summed E-state index contributed by atoms with van der Waals surface area (Å²) in [5.41, 5.74) is -3.10. The summed E-state index contributed by atoms with van der Waals surface area (Å²) < 4.78 is 110. The highest BCUT2D eigenvalue weighted by molar-refractivity contribution is 7.91. The van der Waals surface area contributed by atoms with Crippen LogP contribution in [0.1, 0.15) is 37.3 Å². The first-order valence-corrected chi connectivity index (χ1v) is 12.7. The number of aromatic nitrogens is 5. The number of rotatable bonds is 4. The molecule has 1 aliphatic rings. The molecule has 0 unspecified atom stereocenters. The van der Waals surface area contributed by atoms with Crippen LogP contribution in [0.15, 0.2) is 27.9 Å². The monoisotopic (exact) mass is 547 g/mol. The Balaban J connectivity index is 1.87. The van der Waals surface area contributed by atoms with Gasteiger partial charge in [-0.25, -0.2) is 18.4 Å². The van der Waals surface area contributed by atoms with Crippen LogP contribution < -0.4 is 5.56 Å². The topological polar surface area (TPSA) is 91.8 Å². The summed E-state index contributed by atoms with van der Waals surface area (Å²) in [4.78, 5) is 20.6. The molecule has 0 aliphatic heterocycles. The van der Waals surface area contributed by atoms with E-state index in [0.29, 0.717) is 22.0 Å². The van der Waals surface area contributed by atoms with Crippen LogP contribution >= 0.6 is 0 Å². The Morgan fingerprint density at radius 2 is 1.59 bits per heavy atom. The Hall–Kier alpha value is -3.36. The molecule has 3 aromatic heterocycles. The highest BCUT2D eigenvalue weighted by atomic mass is 32.2. The second kappa shape index (κ2) is 7.82. The van der Waals surface area contributed by atoms with Crippen molar-refractivity contribution >= 4 is 31.9 Å². The number of hydrogen-bond donors (Lipinski definition) is 0. The average molecular weight is 547 g/mol.